The van der Waals surface area contributed by atoms with Crippen molar-refractivity contribution in [3.8, 4) is 0 Å². The summed E-state index contributed by atoms with van der Waals surface area (Å²) in [5.41, 5.74) is 5.84. The molecule has 0 spiro atoms. The van der Waals surface area contributed by atoms with E-state index in [2.05, 4.69) is 34.0 Å². The molecular weight excluding hydrogens is 242 g/mol. The van der Waals surface area contributed by atoms with Crippen LogP contribution in [0.5, 0.6) is 0 Å². The Bertz CT molecular complexity index is 472. The van der Waals surface area contributed by atoms with E-state index in [0.717, 1.165) is 25.9 Å². The second-order valence-electron chi connectivity index (χ2n) is 5.07. The smallest absolute Gasteiger partial charge is 0.276 e. The molecule has 1 aromatic heterocycles. The van der Waals surface area contributed by atoms with Crippen LogP contribution in [0.2, 0.25) is 0 Å². The summed E-state index contributed by atoms with van der Waals surface area (Å²) in [6, 6.07) is 0.691. The van der Waals surface area contributed by atoms with Crippen molar-refractivity contribution in [2.75, 3.05) is 23.7 Å². The number of rotatable bonds is 4. The summed E-state index contributed by atoms with van der Waals surface area (Å²) in [7, 11) is 0. The lowest BCUT2D eigenvalue weighted by Crippen LogP contribution is -2.52. The van der Waals surface area contributed by atoms with Crippen molar-refractivity contribution >= 4 is 11.5 Å². The molecule has 6 nitrogen and oxygen atoms in total. The molecule has 0 radical (unpaired) electrons. The van der Waals surface area contributed by atoms with E-state index < -0.39 is 0 Å². The molecular formula is C13H23N5O. The highest BCUT2D eigenvalue weighted by Gasteiger charge is 2.29. The first-order valence-corrected chi connectivity index (χ1v) is 6.98. The highest BCUT2D eigenvalue weighted by atomic mass is 16.1. The topological polar surface area (TPSA) is 87.0 Å². The number of aromatic nitrogens is 2. The molecule has 0 amide bonds. The normalized spacial score (nSPS) is 21.4. The van der Waals surface area contributed by atoms with Crippen LogP contribution in [0.15, 0.2) is 11.1 Å². The largest absolute Gasteiger partial charge is 0.391 e. The summed E-state index contributed by atoms with van der Waals surface area (Å²) in [6.45, 7) is 6.12. The second-order valence-corrected chi connectivity index (χ2v) is 5.07. The zero-order valence-corrected chi connectivity index (χ0v) is 11.6. The third kappa shape index (κ3) is 2.89. The third-order valence-corrected chi connectivity index (χ3v) is 3.79. The number of hydrogen-bond acceptors (Lipinski definition) is 5. The fourth-order valence-electron chi connectivity index (χ4n) is 2.83. The number of nitrogens with one attached hydrogen (secondary N) is 2. The Morgan fingerprint density at radius 1 is 1.63 bits per heavy atom. The minimum absolute atomic E-state index is 0.220. The molecule has 0 saturated carbocycles. The average Bonchev–Trinajstić information content (AvgIpc) is 2.42. The molecule has 0 aliphatic carbocycles. The number of nitrogens with two attached hydrogens (primary N) is 1. The number of aromatic amines is 1. The maximum atomic E-state index is 11.6. The van der Waals surface area contributed by atoms with Gasteiger partial charge in [-0.05, 0) is 32.7 Å². The van der Waals surface area contributed by atoms with Gasteiger partial charge in [-0.25, -0.2) is 4.98 Å². The molecule has 2 heterocycles. The van der Waals surface area contributed by atoms with E-state index in [9.17, 15) is 4.79 Å². The predicted molar refractivity (Wildman–Crippen MR) is 77.4 cm³/mol. The van der Waals surface area contributed by atoms with Crippen LogP contribution >= 0.6 is 0 Å². The van der Waals surface area contributed by atoms with Crippen LogP contribution in [0, 0.1) is 0 Å². The Kier molecular flexibility index (Phi) is 4.42. The van der Waals surface area contributed by atoms with E-state index in [1.165, 1.54) is 12.7 Å². The molecule has 1 aromatic rings. The Morgan fingerprint density at radius 2 is 2.42 bits per heavy atom. The molecule has 2 atom stereocenters. The van der Waals surface area contributed by atoms with Gasteiger partial charge in [-0.15, -0.1) is 0 Å². The molecule has 1 aliphatic rings. The van der Waals surface area contributed by atoms with Crippen molar-refractivity contribution in [2.24, 2.45) is 0 Å². The molecule has 19 heavy (non-hydrogen) atoms. The van der Waals surface area contributed by atoms with Crippen molar-refractivity contribution in [2.45, 2.75) is 45.2 Å². The van der Waals surface area contributed by atoms with Crippen LogP contribution in [0.1, 0.15) is 33.1 Å². The zero-order chi connectivity index (χ0) is 13.8. The quantitative estimate of drug-likeness (QED) is 0.746. The molecule has 1 fully saturated rings. The molecule has 1 aliphatic heterocycles. The maximum Gasteiger partial charge on any atom is 0.276 e. The summed E-state index contributed by atoms with van der Waals surface area (Å²) in [6.07, 6.45) is 4.85. The SMILES string of the molecule is CCNC(C)C1CCCCN1c1nc[nH]c(=O)c1N. The van der Waals surface area contributed by atoms with Gasteiger partial charge in [-0.1, -0.05) is 6.92 Å². The fraction of sp³-hybridized carbons (Fsp3) is 0.692. The van der Waals surface area contributed by atoms with Gasteiger partial charge in [-0.3, -0.25) is 4.79 Å². The number of likely N-dealkylation sites (N-methyl/N-ethyl adjacent to an activating group) is 1. The Labute approximate surface area is 113 Å². The number of piperidine rings is 1. The first-order chi connectivity index (χ1) is 9.15. The lowest BCUT2D eigenvalue weighted by Gasteiger charge is -2.40. The average molecular weight is 265 g/mol. The molecule has 6 heteroatoms. The molecule has 1 saturated heterocycles. The highest BCUT2D eigenvalue weighted by Crippen LogP contribution is 2.27. The van der Waals surface area contributed by atoms with Gasteiger partial charge < -0.3 is 20.9 Å². The van der Waals surface area contributed by atoms with Crippen molar-refractivity contribution in [3.63, 3.8) is 0 Å². The Hall–Kier alpha value is -1.56. The number of nitrogen functional groups attached to an aromatic ring is 1. The molecule has 106 valence electrons. The summed E-state index contributed by atoms with van der Waals surface area (Å²) in [4.78, 5) is 20.6. The molecule has 4 N–H and O–H groups in total. The van der Waals surface area contributed by atoms with E-state index >= 15 is 0 Å². The number of hydrogen-bond donors (Lipinski definition) is 3. The van der Waals surface area contributed by atoms with Crippen molar-refractivity contribution in [3.05, 3.63) is 16.7 Å². The van der Waals surface area contributed by atoms with E-state index in [-0.39, 0.29) is 11.2 Å². The van der Waals surface area contributed by atoms with Crippen molar-refractivity contribution in [1.82, 2.24) is 15.3 Å². The minimum Gasteiger partial charge on any atom is -0.391 e. The van der Waals surface area contributed by atoms with Crippen LogP contribution in [0.3, 0.4) is 0 Å². The number of H-pyrrole nitrogens is 1. The standard InChI is InChI=1S/C13H23N5O/c1-3-15-9(2)10-6-4-5-7-18(10)12-11(14)13(19)17-8-16-12/h8-10,15H,3-7,14H2,1-2H3,(H,16,17,19). The number of nitrogens with zero attached hydrogens (tertiary/aromatic N) is 2. The van der Waals surface area contributed by atoms with Crippen LogP contribution in [0.25, 0.3) is 0 Å². The Morgan fingerprint density at radius 3 is 3.16 bits per heavy atom. The van der Waals surface area contributed by atoms with Gasteiger partial charge in [0.05, 0.1) is 6.33 Å². The Balaban J connectivity index is 2.28. The van der Waals surface area contributed by atoms with Crippen LogP contribution in [0.4, 0.5) is 11.5 Å². The van der Waals surface area contributed by atoms with Gasteiger partial charge in [0.2, 0.25) is 0 Å². The fourth-order valence-corrected chi connectivity index (χ4v) is 2.83. The summed E-state index contributed by atoms with van der Waals surface area (Å²) >= 11 is 0. The maximum absolute atomic E-state index is 11.6. The summed E-state index contributed by atoms with van der Waals surface area (Å²) < 4.78 is 0. The first-order valence-electron chi connectivity index (χ1n) is 6.98. The summed E-state index contributed by atoms with van der Waals surface area (Å²) in [5.74, 6) is 0.623. The van der Waals surface area contributed by atoms with E-state index in [0.29, 0.717) is 17.9 Å². The van der Waals surface area contributed by atoms with E-state index in [1.807, 2.05) is 0 Å². The zero-order valence-electron chi connectivity index (χ0n) is 11.6. The van der Waals surface area contributed by atoms with Gasteiger partial charge >= 0.3 is 0 Å². The van der Waals surface area contributed by atoms with Crippen LogP contribution in [-0.2, 0) is 0 Å². The van der Waals surface area contributed by atoms with Gasteiger partial charge in [0.15, 0.2) is 5.82 Å². The highest BCUT2D eigenvalue weighted by molar-refractivity contribution is 5.61. The van der Waals surface area contributed by atoms with Crippen molar-refractivity contribution in [1.29, 1.82) is 0 Å². The molecule has 2 unspecified atom stereocenters. The van der Waals surface area contributed by atoms with Crippen molar-refractivity contribution < 1.29 is 0 Å². The molecule has 0 bridgehead atoms. The molecule has 2 rings (SSSR count). The summed E-state index contributed by atoms with van der Waals surface area (Å²) in [5, 5.41) is 3.45. The second kappa shape index (κ2) is 6.06. The van der Waals surface area contributed by atoms with Gasteiger partial charge in [0, 0.05) is 18.6 Å². The first kappa shape index (κ1) is 13.9. The van der Waals surface area contributed by atoms with Gasteiger partial charge in [0.1, 0.15) is 5.69 Å². The lowest BCUT2D eigenvalue weighted by atomic mass is 9.96. The van der Waals surface area contributed by atoms with Gasteiger partial charge in [0.25, 0.3) is 5.56 Å². The van der Waals surface area contributed by atoms with Gasteiger partial charge in [-0.2, -0.15) is 0 Å². The molecule has 0 aromatic carbocycles. The lowest BCUT2D eigenvalue weighted by molar-refractivity contribution is 0.370. The minimum atomic E-state index is -0.259. The predicted octanol–water partition coefficient (Wildman–Crippen LogP) is 0.709. The van der Waals surface area contributed by atoms with E-state index in [4.69, 9.17) is 5.73 Å². The van der Waals surface area contributed by atoms with E-state index in [1.54, 1.807) is 0 Å². The van der Waals surface area contributed by atoms with Crippen LogP contribution < -0.4 is 21.5 Å². The van der Waals surface area contributed by atoms with Crippen LogP contribution in [-0.4, -0.2) is 35.1 Å². The third-order valence-electron chi connectivity index (χ3n) is 3.79. The number of anilines is 2. The monoisotopic (exact) mass is 265 g/mol.